The van der Waals surface area contributed by atoms with Gasteiger partial charge in [0.25, 0.3) is 0 Å². The Morgan fingerprint density at radius 1 is 1.25 bits per heavy atom. The third kappa shape index (κ3) is 2.55. The van der Waals surface area contributed by atoms with Gasteiger partial charge in [-0.25, -0.2) is 0 Å². The van der Waals surface area contributed by atoms with E-state index in [0.29, 0.717) is 6.79 Å². The molecule has 1 aliphatic rings. The minimum atomic E-state index is -0.0736. The molecule has 0 N–H and O–H groups in total. The first kappa shape index (κ1) is 11.5. The summed E-state index contributed by atoms with van der Waals surface area (Å²) >= 11 is 3.49. The Hall–Kier alpha value is -1.03. The van der Waals surface area contributed by atoms with Gasteiger partial charge in [0, 0.05) is 16.3 Å². The number of fused-ring (bicyclic) bond motifs is 1. The molecule has 0 amide bonds. The highest BCUT2D eigenvalue weighted by molar-refractivity contribution is 9.10. The fourth-order valence-electron chi connectivity index (χ4n) is 1.30. The molecule has 0 atom stereocenters. The maximum atomic E-state index is 5.32. The highest BCUT2D eigenvalue weighted by Gasteiger charge is 2.15. The van der Waals surface area contributed by atoms with Gasteiger partial charge in [-0.05, 0) is 48.8 Å². The molecular formula is C12H14BrNO2. The molecule has 0 aromatic heterocycles. The lowest BCUT2D eigenvalue weighted by Crippen LogP contribution is -2.09. The van der Waals surface area contributed by atoms with Crippen molar-refractivity contribution in [2.45, 2.75) is 26.3 Å². The van der Waals surface area contributed by atoms with Gasteiger partial charge in [-0.3, -0.25) is 4.99 Å². The zero-order valence-electron chi connectivity index (χ0n) is 9.58. The van der Waals surface area contributed by atoms with Crippen molar-refractivity contribution in [1.29, 1.82) is 0 Å². The van der Waals surface area contributed by atoms with Crippen molar-refractivity contribution in [3.05, 3.63) is 22.2 Å². The molecule has 0 unspecified atom stereocenters. The normalized spacial score (nSPS) is 14.8. The summed E-state index contributed by atoms with van der Waals surface area (Å²) in [6.45, 7) is 6.47. The summed E-state index contributed by atoms with van der Waals surface area (Å²) < 4.78 is 11.6. The maximum Gasteiger partial charge on any atom is 0.231 e. The molecular weight excluding hydrogens is 270 g/mol. The van der Waals surface area contributed by atoms with Gasteiger partial charge in [-0.1, -0.05) is 0 Å². The van der Waals surface area contributed by atoms with Gasteiger partial charge in [0.1, 0.15) is 0 Å². The number of aliphatic imine (C=N–C) groups is 1. The average molecular weight is 284 g/mol. The molecule has 0 radical (unpaired) electrons. The topological polar surface area (TPSA) is 30.8 Å². The monoisotopic (exact) mass is 283 g/mol. The van der Waals surface area contributed by atoms with Crippen LogP contribution in [0.4, 0.5) is 0 Å². The Balaban J connectivity index is 2.32. The molecule has 1 aromatic carbocycles. The molecule has 0 saturated heterocycles. The van der Waals surface area contributed by atoms with Crippen LogP contribution >= 0.6 is 15.9 Å². The SMILES string of the molecule is CC(C)(C)N=Cc1cc2c(cc1Br)OCO2. The highest BCUT2D eigenvalue weighted by Crippen LogP contribution is 2.36. The highest BCUT2D eigenvalue weighted by atomic mass is 79.9. The quantitative estimate of drug-likeness (QED) is 0.740. The van der Waals surface area contributed by atoms with Crippen LogP contribution in [-0.2, 0) is 0 Å². The molecule has 1 heterocycles. The summed E-state index contributed by atoms with van der Waals surface area (Å²) in [5.41, 5.74) is 0.926. The first-order valence-corrected chi connectivity index (χ1v) is 5.89. The van der Waals surface area contributed by atoms with Gasteiger partial charge >= 0.3 is 0 Å². The number of benzene rings is 1. The van der Waals surface area contributed by atoms with Crippen LogP contribution in [0.25, 0.3) is 0 Å². The number of hydrogen-bond acceptors (Lipinski definition) is 3. The van der Waals surface area contributed by atoms with E-state index in [1.165, 1.54) is 0 Å². The van der Waals surface area contributed by atoms with E-state index in [0.717, 1.165) is 21.5 Å². The first-order chi connectivity index (χ1) is 7.46. The van der Waals surface area contributed by atoms with Crippen LogP contribution in [0.3, 0.4) is 0 Å². The Morgan fingerprint density at radius 2 is 1.88 bits per heavy atom. The van der Waals surface area contributed by atoms with Crippen molar-refractivity contribution in [2.75, 3.05) is 6.79 Å². The minimum absolute atomic E-state index is 0.0736. The van der Waals surface area contributed by atoms with Gasteiger partial charge < -0.3 is 9.47 Å². The van der Waals surface area contributed by atoms with Crippen molar-refractivity contribution >= 4 is 22.1 Å². The predicted octanol–water partition coefficient (Wildman–Crippen LogP) is 3.40. The van der Waals surface area contributed by atoms with E-state index in [9.17, 15) is 0 Å². The standard InChI is InChI=1S/C12H14BrNO2/c1-12(2,3)14-6-8-4-10-11(5-9(8)13)16-7-15-10/h4-6H,7H2,1-3H3. The van der Waals surface area contributed by atoms with Crippen LogP contribution in [0.5, 0.6) is 11.5 Å². The third-order valence-electron chi connectivity index (χ3n) is 2.08. The van der Waals surface area contributed by atoms with Crippen molar-refractivity contribution < 1.29 is 9.47 Å². The lowest BCUT2D eigenvalue weighted by atomic mass is 10.1. The van der Waals surface area contributed by atoms with Crippen molar-refractivity contribution in [2.24, 2.45) is 4.99 Å². The van der Waals surface area contributed by atoms with Crippen molar-refractivity contribution in [3.8, 4) is 11.5 Å². The maximum absolute atomic E-state index is 5.32. The van der Waals surface area contributed by atoms with E-state index < -0.39 is 0 Å². The predicted molar refractivity (Wildman–Crippen MR) is 67.6 cm³/mol. The van der Waals surface area contributed by atoms with Gasteiger partial charge in [-0.15, -0.1) is 0 Å². The Bertz CT molecular complexity index is 435. The summed E-state index contributed by atoms with van der Waals surface area (Å²) in [5, 5.41) is 0. The summed E-state index contributed by atoms with van der Waals surface area (Å²) in [7, 11) is 0. The largest absolute Gasteiger partial charge is 0.454 e. The van der Waals surface area contributed by atoms with Gasteiger partial charge in [0.05, 0.1) is 5.54 Å². The molecule has 0 bridgehead atoms. The summed E-state index contributed by atoms with van der Waals surface area (Å²) in [4.78, 5) is 4.46. The second-order valence-electron chi connectivity index (χ2n) is 4.66. The molecule has 1 aromatic rings. The Kier molecular flexibility index (Phi) is 2.93. The molecule has 0 aliphatic carbocycles. The van der Waals surface area contributed by atoms with Crippen LogP contribution in [0.1, 0.15) is 26.3 Å². The van der Waals surface area contributed by atoms with E-state index in [-0.39, 0.29) is 5.54 Å². The zero-order chi connectivity index (χ0) is 11.8. The van der Waals surface area contributed by atoms with Crippen LogP contribution in [-0.4, -0.2) is 18.5 Å². The summed E-state index contributed by atoms with van der Waals surface area (Å²) in [6, 6.07) is 3.84. The first-order valence-electron chi connectivity index (χ1n) is 5.10. The summed E-state index contributed by atoms with van der Waals surface area (Å²) in [6.07, 6.45) is 1.85. The fraction of sp³-hybridized carbons (Fsp3) is 0.417. The Morgan fingerprint density at radius 3 is 2.50 bits per heavy atom. The fourth-order valence-corrected chi connectivity index (χ4v) is 1.72. The molecule has 16 heavy (non-hydrogen) atoms. The van der Waals surface area contributed by atoms with Crippen LogP contribution in [0, 0.1) is 0 Å². The molecule has 0 spiro atoms. The number of hydrogen-bond donors (Lipinski definition) is 0. The molecule has 0 fully saturated rings. The van der Waals surface area contributed by atoms with Crippen LogP contribution in [0.2, 0.25) is 0 Å². The average Bonchev–Trinajstić information content (AvgIpc) is 2.59. The van der Waals surface area contributed by atoms with Gasteiger partial charge in [0.15, 0.2) is 11.5 Å². The smallest absolute Gasteiger partial charge is 0.231 e. The van der Waals surface area contributed by atoms with E-state index in [1.54, 1.807) is 0 Å². The number of rotatable bonds is 1. The third-order valence-corrected chi connectivity index (χ3v) is 2.77. The summed E-state index contributed by atoms with van der Waals surface area (Å²) in [5.74, 6) is 1.55. The molecule has 86 valence electrons. The lowest BCUT2D eigenvalue weighted by molar-refractivity contribution is 0.174. The second-order valence-corrected chi connectivity index (χ2v) is 5.51. The zero-order valence-corrected chi connectivity index (χ0v) is 11.2. The van der Waals surface area contributed by atoms with E-state index >= 15 is 0 Å². The van der Waals surface area contributed by atoms with Crippen LogP contribution in [0.15, 0.2) is 21.6 Å². The van der Waals surface area contributed by atoms with E-state index in [4.69, 9.17) is 9.47 Å². The van der Waals surface area contributed by atoms with Crippen molar-refractivity contribution in [3.63, 3.8) is 0 Å². The second kappa shape index (κ2) is 4.09. The molecule has 0 saturated carbocycles. The number of ether oxygens (including phenoxy) is 2. The Labute approximate surface area is 104 Å². The number of nitrogens with zero attached hydrogens (tertiary/aromatic N) is 1. The van der Waals surface area contributed by atoms with Gasteiger partial charge in [-0.2, -0.15) is 0 Å². The number of halogens is 1. The van der Waals surface area contributed by atoms with Crippen LogP contribution < -0.4 is 9.47 Å². The minimum Gasteiger partial charge on any atom is -0.454 e. The molecule has 3 nitrogen and oxygen atoms in total. The molecule has 2 rings (SSSR count). The molecule has 1 aliphatic heterocycles. The van der Waals surface area contributed by atoms with Gasteiger partial charge in [0.2, 0.25) is 6.79 Å². The molecule has 4 heteroatoms. The van der Waals surface area contributed by atoms with E-state index in [2.05, 4.69) is 41.7 Å². The van der Waals surface area contributed by atoms with E-state index in [1.807, 2.05) is 18.3 Å². The van der Waals surface area contributed by atoms with Crippen molar-refractivity contribution in [1.82, 2.24) is 0 Å². The lowest BCUT2D eigenvalue weighted by Gasteiger charge is -2.11.